The van der Waals surface area contributed by atoms with E-state index < -0.39 is 17.8 Å². The van der Waals surface area contributed by atoms with Gasteiger partial charge in [-0.15, -0.1) is 0 Å². The fourth-order valence-corrected chi connectivity index (χ4v) is 3.55. The van der Waals surface area contributed by atoms with Crippen molar-refractivity contribution in [2.45, 2.75) is 39.4 Å². The molecular formula is C22H24ClFN4O3. The smallest absolute Gasteiger partial charge is 0.320 e. The number of hydrogen-bond donors (Lipinski definition) is 2. The first kappa shape index (κ1) is 22.7. The van der Waals surface area contributed by atoms with Gasteiger partial charge in [0.15, 0.2) is 5.82 Å². The van der Waals surface area contributed by atoms with Crippen molar-refractivity contribution in [3.63, 3.8) is 0 Å². The number of carboxylic acid groups (broad SMARTS) is 1. The number of ether oxygens (including phenoxy) is 1. The highest BCUT2D eigenvalue weighted by atomic mass is 35.5. The van der Waals surface area contributed by atoms with E-state index in [0.29, 0.717) is 29.0 Å². The van der Waals surface area contributed by atoms with Crippen LogP contribution in [0.4, 0.5) is 15.9 Å². The minimum Gasteiger partial charge on any atom is -0.496 e. The fourth-order valence-electron chi connectivity index (χ4n) is 3.38. The monoisotopic (exact) mass is 446 g/mol. The number of benzene rings is 2. The molecule has 2 aromatic carbocycles. The van der Waals surface area contributed by atoms with Crippen LogP contribution in [0.15, 0.2) is 36.7 Å². The van der Waals surface area contributed by atoms with Gasteiger partial charge in [-0.2, -0.15) is 0 Å². The number of nitrogens with one attached hydrogen (secondary N) is 1. The highest BCUT2D eigenvalue weighted by Gasteiger charge is 2.25. The van der Waals surface area contributed by atoms with Crippen LogP contribution in [-0.4, -0.2) is 45.1 Å². The molecule has 0 fully saturated rings. The van der Waals surface area contributed by atoms with E-state index in [4.69, 9.17) is 16.3 Å². The molecule has 1 heterocycles. The Morgan fingerprint density at radius 2 is 2.03 bits per heavy atom. The number of carbonyl (C=O) groups is 1. The predicted octanol–water partition coefficient (Wildman–Crippen LogP) is 4.86. The molecule has 0 spiro atoms. The first-order valence-electron chi connectivity index (χ1n) is 9.74. The lowest BCUT2D eigenvalue weighted by molar-refractivity contribution is -0.143. The van der Waals surface area contributed by atoms with Crippen LogP contribution in [0.2, 0.25) is 5.02 Å². The van der Waals surface area contributed by atoms with Gasteiger partial charge in [-0.3, -0.25) is 9.69 Å². The predicted molar refractivity (Wildman–Crippen MR) is 119 cm³/mol. The summed E-state index contributed by atoms with van der Waals surface area (Å²) in [4.78, 5) is 22.0. The Morgan fingerprint density at radius 1 is 1.29 bits per heavy atom. The van der Waals surface area contributed by atoms with Gasteiger partial charge in [0, 0.05) is 29.6 Å². The van der Waals surface area contributed by atoms with Gasteiger partial charge in [-0.25, -0.2) is 14.4 Å². The highest BCUT2D eigenvalue weighted by molar-refractivity contribution is 6.31. The van der Waals surface area contributed by atoms with Crippen molar-refractivity contribution in [3.05, 3.63) is 53.1 Å². The van der Waals surface area contributed by atoms with Gasteiger partial charge in [0.05, 0.1) is 23.3 Å². The second kappa shape index (κ2) is 9.45. The third-order valence-electron chi connectivity index (χ3n) is 5.11. The molecule has 7 nitrogen and oxygen atoms in total. The molecule has 0 bridgehead atoms. The Morgan fingerprint density at radius 3 is 2.68 bits per heavy atom. The summed E-state index contributed by atoms with van der Waals surface area (Å²) >= 11 is 5.89. The van der Waals surface area contributed by atoms with E-state index in [1.165, 1.54) is 12.4 Å². The number of aromatic nitrogens is 2. The standard InChI is InChI=1S/C22H24ClFN4O3/c1-12(2)28(13(3)22(29)30)10-14-8-15-18(9-19(14)31-4)25-11-26-21(15)27-17-7-5-6-16(23)20(17)24/h5-9,11-13H,10H2,1-4H3,(H,29,30)(H,25,26,27)/t13-/m0/s1. The summed E-state index contributed by atoms with van der Waals surface area (Å²) in [6, 6.07) is 7.56. The average Bonchev–Trinajstić information content (AvgIpc) is 2.74. The number of carboxylic acids is 1. The summed E-state index contributed by atoms with van der Waals surface area (Å²) in [6.07, 6.45) is 1.37. The molecule has 0 radical (unpaired) electrons. The number of hydrogen-bond acceptors (Lipinski definition) is 6. The Kier molecular flexibility index (Phi) is 6.92. The van der Waals surface area contributed by atoms with Gasteiger partial charge < -0.3 is 15.2 Å². The van der Waals surface area contributed by atoms with Crippen molar-refractivity contribution in [1.29, 1.82) is 0 Å². The van der Waals surface area contributed by atoms with Crippen LogP contribution in [0.1, 0.15) is 26.3 Å². The number of methoxy groups -OCH3 is 1. The van der Waals surface area contributed by atoms with E-state index in [0.717, 1.165) is 5.56 Å². The molecular weight excluding hydrogens is 423 g/mol. The SMILES string of the molecule is COc1cc2ncnc(Nc3cccc(Cl)c3F)c2cc1CN(C(C)C)[C@@H](C)C(=O)O. The molecule has 3 aromatic rings. The summed E-state index contributed by atoms with van der Waals surface area (Å²) in [7, 11) is 1.55. The van der Waals surface area contributed by atoms with Gasteiger partial charge in [0.2, 0.25) is 0 Å². The lowest BCUT2D eigenvalue weighted by Gasteiger charge is -2.30. The Balaban J connectivity index is 2.07. The number of aliphatic carboxylic acids is 1. The van der Waals surface area contributed by atoms with Crippen LogP contribution in [0.25, 0.3) is 10.9 Å². The summed E-state index contributed by atoms with van der Waals surface area (Å²) in [5, 5.41) is 13.1. The van der Waals surface area contributed by atoms with Crippen LogP contribution in [0.3, 0.4) is 0 Å². The first-order valence-corrected chi connectivity index (χ1v) is 10.1. The second-order valence-corrected chi connectivity index (χ2v) is 7.82. The maximum absolute atomic E-state index is 14.4. The summed E-state index contributed by atoms with van der Waals surface area (Å²) in [6.45, 7) is 5.86. The minimum absolute atomic E-state index is 0.000883. The molecule has 0 saturated carbocycles. The zero-order chi connectivity index (χ0) is 22.7. The van der Waals surface area contributed by atoms with Crippen molar-refractivity contribution in [1.82, 2.24) is 14.9 Å². The summed E-state index contributed by atoms with van der Waals surface area (Å²) in [5.41, 5.74) is 1.55. The molecule has 0 aliphatic carbocycles. The van der Waals surface area contributed by atoms with Crippen LogP contribution in [0, 0.1) is 5.82 Å². The third-order valence-corrected chi connectivity index (χ3v) is 5.41. The Hall–Kier alpha value is -2.97. The molecule has 0 saturated heterocycles. The van der Waals surface area contributed by atoms with Crippen LogP contribution in [0.5, 0.6) is 5.75 Å². The molecule has 2 N–H and O–H groups in total. The first-order chi connectivity index (χ1) is 14.7. The zero-order valence-electron chi connectivity index (χ0n) is 17.7. The fraction of sp³-hybridized carbons (Fsp3) is 0.318. The zero-order valence-corrected chi connectivity index (χ0v) is 18.4. The van der Waals surface area contributed by atoms with E-state index in [2.05, 4.69) is 15.3 Å². The van der Waals surface area contributed by atoms with Crippen LogP contribution in [-0.2, 0) is 11.3 Å². The highest BCUT2D eigenvalue weighted by Crippen LogP contribution is 2.32. The van der Waals surface area contributed by atoms with Gasteiger partial charge in [-0.1, -0.05) is 17.7 Å². The lowest BCUT2D eigenvalue weighted by atomic mass is 10.1. The molecule has 9 heteroatoms. The minimum atomic E-state index is -0.907. The van der Waals surface area contributed by atoms with Gasteiger partial charge in [0.25, 0.3) is 0 Å². The average molecular weight is 447 g/mol. The van der Waals surface area contributed by atoms with Crippen molar-refractivity contribution in [3.8, 4) is 5.75 Å². The van der Waals surface area contributed by atoms with Gasteiger partial charge >= 0.3 is 5.97 Å². The molecule has 1 aromatic heterocycles. The van der Waals surface area contributed by atoms with E-state index >= 15 is 0 Å². The van der Waals surface area contributed by atoms with E-state index in [9.17, 15) is 14.3 Å². The van der Waals surface area contributed by atoms with Crippen molar-refractivity contribution >= 4 is 40.0 Å². The van der Waals surface area contributed by atoms with Crippen LogP contribution >= 0.6 is 11.6 Å². The largest absolute Gasteiger partial charge is 0.496 e. The quantitative estimate of drug-likeness (QED) is 0.511. The molecule has 0 aliphatic heterocycles. The number of anilines is 2. The number of rotatable bonds is 8. The van der Waals surface area contributed by atoms with E-state index in [-0.39, 0.29) is 16.8 Å². The Labute approximate surface area is 184 Å². The number of fused-ring (bicyclic) bond motifs is 1. The molecule has 31 heavy (non-hydrogen) atoms. The molecule has 0 unspecified atom stereocenters. The molecule has 1 atom stereocenters. The second-order valence-electron chi connectivity index (χ2n) is 7.41. The molecule has 0 aliphatic rings. The topological polar surface area (TPSA) is 87.6 Å². The molecule has 164 valence electrons. The molecule has 0 amide bonds. The normalized spacial score (nSPS) is 12.4. The maximum atomic E-state index is 14.4. The Bertz CT molecular complexity index is 1110. The van der Waals surface area contributed by atoms with Gasteiger partial charge in [0.1, 0.15) is 23.9 Å². The lowest BCUT2D eigenvalue weighted by Crippen LogP contribution is -2.42. The molecule has 3 rings (SSSR count). The number of halogens is 2. The van der Waals surface area contributed by atoms with Gasteiger partial charge in [-0.05, 0) is 39.0 Å². The summed E-state index contributed by atoms with van der Waals surface area (Å²) < 4.78 is 19.9. The van der Waals surface area contributed by atoms with Crippen molar-refractivity contribution in [2.24, 2.45) is 0 Å². The summed E-state index contributed by atoms with van der Waals surface area (Å²) in [5.74, 6) is -0.506. The third kappa shape index (κ3) is 4.86. The van der Waals surface area contributed by atoms with Crippen molar-refractivity contribution in [2.75, 3.05) is 12.4 Å². The van der Waals surface area contributed by atoms with E-state index in [1.807, 2.05) is 24.8 Å². The van der Waals surface area contributed by atoms with E-state index in [1.54, 1.807) is 32.2 Å². The van der Waals surface area contributed by atoms with Crippen molar-refractivity contribution < 1.29 is 19.0 Å². The number of nitrogens with zero attached hydrogens (tertiary/aromatic N) is 3. The van der Waals surface area contributed by atoms with Crippen LogP contribution < -0.4 is 10.1 Å². The maximum Gasteiger partial charge on any atom is 0.320 e.